The SMILES string of the molecule is Cl.Cl.O=C(Nc1ccncc1)c1ccc(CNC(=O)[C@@]23CCCC[C@H]2CNC3)cc1. The molecular formula is C22H28Cl2N4O2. The number of nitrogens with one attached hydrogen (secondary N) is 3. The van der Waals surface area contributed by atoms with Gasteiger partial charge in [-0.25, -0.2) is 0 Å². The number of halogens is 2. The number of pyridine rings is 1. The number of fused-ring (bicyclic) bond motifs is 1. The smallest absolute Gasteiger partial charge is 0.255 e. The fraction of sp³-hybridized carbons (Fsp3) is 0.409. The van der Waals surface area contributed by atoms with Crippen molar-refractivity contribution in [2.24, 2.45) is 11.3 Å². The van der Waals surface area contributed by atoms with E-state index < -0.39 is 0 Å². The van der Waals surface area contributed by atoms with E-state index in [1.165, 1.54) is 6.42 Å². The zero-order valence-corrected chi connectivity index (χ0v) is 18.4. The second-order valence-corrected chi connectivity index (χ2v) is 7.80. The normalized spacial score (nSPS) is 22.1. The number of anilines is 1. The number of hydrogen-bond acceptors (Lipinski definition) is 4. The Labute approximate surface area is 189 Å². The lowest BCUT2D eigenvalue weighted by atomic mass is 9.67. The van der Waals surface area contributed by atoms with Gasteiger partial charge in [-0.2, -0.15) is 0 Å². The van der Waals surface area contributed by atoms with Crippen molar-refractivity contribution in [1.29, 1.82) is 0 Å². The first-order chi connectivity index (χ1) is 13.7. The third-order valence-corrected chi connectivity index (χ3v) is 6.10. The number of aromatic nitrogens is 1. The van der Waals surface area contributed by atoms with Crippen LogP contribution in [0, 0.1) is 11.3 Å². The number of carbonyl (C=O) groups is 2. The minimum absolute atomic E-state index is 0. The molecule has 2 aromatic rings. The Morgan fingerprint density at radius 3 is 2.53 bits per heavy atom. The standard InChI is InChI=1S/C22H26N4O2.2ClH/c27-20(26-19-8-11-23-12-9-19)17-6-4-16(5-7-17)13-25-21(28)22-10-2-1-3-18(22)14-24-15-22;;/h4-9,11-12,18,24H,1-3,10,13-15H2,(H,25,28)(H,23,26,27);2*1H/t18-,22+;;/m0../s1. The van der Waals surface area contributed by atoms with Crippen molar-refractivity contribution in [3.8, 4) is 0 Å². The Hall–Kier alpha value is -2.15. The summed E-state index contributed by atoms with van der Waals surface area (Å²) in [6.07, 6.45) is 7.75. The number of nitrogens with zero attached hydrogens (tertiary/aromatic N) is 1. The molecule has 2 amide bonds. The second-order valence-electron chi connectivity index (χ2n) is 7.80. The monoisotopic (exact) mass is 450 g/mol. The maximum absolute atomic E-state index is 12.9. The van der Waals surface area contributed by atoms with Crippen LogP contribution in [0.5, 0.6) is 0 Å². The van der Waals surface area contributed by atoms with Gasteiger partial charge in [-0.1, -0.05) is 25.0 Å². The number of rotatable bonds is 5. The molecule has 8 heteroatoms. The summed E-state index contributed by atoms with van der Waals surface area (Å²) < 4.78 is 0. The zero-order valence-electron chi connectivity index (χ0n) is 16.7. The van der Waals surface area contributed by atoms with Crippen molar-refractivity contribution in [3.05, 3.63) is 59.9 Å². The summed E-state index contributed by atoms with van der Waals surface area (Å²) in [4.78, 5) is 29.2. The molecule has 0 spiro atoms. The van der Waals surface area contributed by atoms with Crippen LogP contribution in [0.2, 0.25) is 0 Å². The van der Waals surface area contributed by atoms with E-state index in [1.54, 1.807) is 36.7 Å². The molecule has 0 bridgehead atoms. The molecule has 2 atom stereocenters. The fourth-order valence-corrected chi connectivity index (χ4v) is 4.46. The van der Waals surface area contributed by atoms with Crippen molar-refractivity contribution in [1.82, 2.24) is 15.6 Å². The summed E-state index contributed by atoms with van der Waals surface area (Å²) >= 11 is 0. The zero-order chi connectivity index (χ0) is 19.4. The van der Waals surface area contributed by atoms with Crippen molar-refractivity contribution < 1.29 is 9.59 Å². The summed E-state index contributed by atoms with van der Waals surface area (Å²) in [6, 6.07) is 10.9. The van der Waals surface area contributed by atoms with Crippen LogP contribution in [-0.4, -0.2) is 29.9 Å². The van der Waals surface area contributed by atoms with Gasteiger partial charge in [0.25, 0.3) is 5.91 Å². The van der Waals surface area contributed by atoms with Gasteiger partial charge in [0.1, 0.15) is 0 Å². The van der Waals surface area contributed by atoms with Gasteiger partial charge >= 0.3 is 0 Å². The molecule has 2 aliphatic rings. The van der Waals surface area contributed by atoms with Gasteiger partial charge in [0.05, 0.1) is 5.41 Å². The maximum Gasteiger partial charge on any atom is 0.255 e. The van der Waals surface area contributed by atoms with E-state index in [2.05, 4.69) is 20.9 Å². The Balaban J connectivity index is 0.00000160. The van der Waals surface area contributed by atoms with E-state index in [1.807, 2.05) is 12.1 Å². The van der Waals surface area contributed by atoms with Gasteiger partial charge in [-0.15, -0.1) is 24.8 Å². The Bertz CT molecular complexity index is 848. The summed E-state index contributed by atoms with van der Waals surface area (Å²) in [7, 11) is 0. The highest BCUT2D eigenvalue weighted by Gasteiger charge is 2.49. The predicted molar refractivity (Wildman–Crippen MR) is 122 cm³/mol. The molecule has 1 aliphatic carbocycles. The third kappa shape index (κ3) is 5.12. The number of benzene rings is 1. The van der Waals surface area contributed by atoms with Crippen LogP contribution in [0.25, 0.3) is 0 Å². The van der Waals surface area contributed by atoms with Crippen LogP contribution in [0.15, 0.2) is 48.8 Å². The molecule has 162 valence electrons. The number of hydrogen-bond donors (Lipinski definition) is 3. The Kier molecular flexibility index (Phi) is 8.65. The van der Waals surface area contributed by atoms with Crippen LogP contribution in [0.3, 0.4) is 0 Å². The molecule has 0 unspecified atom stereocenters. The maximum atomic E-state index is 12.9. The topological polar surface area (TPSA) is 83.1 Å². The van der Waals surface area contributed by atoms with E-state index in [0.29, 0.717) is 23.7 Å². The molecule has 4 rings (SSSR count). The van der Waals surface area contributed by atoms with Crippen molar-refractivity contribution in [2.45, 2.75) is 32.2 Å². The second kappa shape index (κ2) is 10.8. The summed E-state index contributed by atoms with van der Waals surface area (Å²) in [5, 5.41) is 9.39. The van der Waals surface area contributed by atoms with Gasteiger partial charge in [0.2, 0.25) is 5.91 Å². The molecule has 3 N–H and O–H groups in total. The molecule has 6 nitrogen and oxygen atoms in total. The van der Waals surface area contributed by atoms with Gasteiger partial charge in [-0.3, -0.25) is 14.6 Å². The van der Waals surface area contributed by atoms with Gasteiger partial charge in [-0.05, 0) is 55.1 Å². The first kappa shape index (κ1) is 24.1. The van der Waals surface area contributed by atoms with E-state index in [0.717, 1.165) is 37.9 Å². The number of carbonyl (C=O) groups excluding carboxylic acids is 2. The molecular weight excluding hydrogens is 423 g/mol. The van der Waals surface area contributed by atoms with E-state index in [-0.39, 0.29) is 42.0 Å². The van der Waals surface area contributed by atoms with Crippen molar-refractivity contribution in [2.75, 3.05) is 18.4 Å². The summed E-state index contributed by atoms with van der Waals surface area (Å²) in [5.41, 5.74) is 2.05. The van der Waals surface area contributed by atoms with Crippen LogP contribution < -0.4 is 16.0 Å². The highest BCUT2D eigenvalue weighted by atomic mass is 35.5. The Morgan fingerprint density at radius 2 is 1.80 bits per heavy atom. The fourth-order valence-electron chi connectivity index (χ4n) is 4.46. The molecule has 1 aliphatic heterocycles. The third-order valence-electron chi connectivity index (χ3n) is 6.10. The lowest BCUT2D eigenvalue weighted by molar-refractivity contribution is -0.134. The van der Waals surface area contributed by atoms with Crippen LogP contribution in [-0.2, 0) is 11.3 Å². The highest BCUT2D eigenvalue weighted by Crippen LogP contribution is 2.43. The molecule has 0 radical (unpaired) electrons. The molecule has 2 fully saturated rings. The largest absolute Gasteiger partial charge is 0.351 e. The molecule has 1 saturated carbocycles. The Morgan fingerprint density at radius 1 is 1.07 bits per heavy atom. The van der Waals surface area contributed by atoms with Crippen molar-refractivity contribution in [3.63, 3.8) is 0 Å². The predicted octanol–water partition coefficient (Wildman–Crippen LogP) is 3.57. The van der Waals surface area contributed by atoms with Gasteiger partial charge < -0.3 is 16.0 Å². The first-order valence-corrected chi connectivity index (χ1v) is 9.97. The van der Waals surface area contributed by atoms with Gasteiger partial charge in [0, 0.05) is 36.7 Å². The molecule has 30 heavy (non-hydrogen) atoms. The van der Waals surface area contributed by atoms with Crippen LogP contribution >= 0.6 is 24.8 Å². The molecule has 1 aromatic carbocycles. The lowest BCUT2D eigenvalue weighted by Gasteiger charge is -2.37. The van der Waals surface area contributed by atoms with Crippen molar-refractivity contribution >= 4 is 42.3 Å². The first-order valence-electron chi connectivity index (χ1n) is 9.97. The highest BCUT2D eigenvalue weighted by molar-refractivity contribution is 6.04. The van der Waals surface area contributed by atoms with Crippen LogP contribution in [0.4, 0.5) is 5.69 Å². The molecule has 1 saturated heterocycles. The summed E-state index contributed by atoms with van der Waals surface area (Å²) in [5.74, 6) is 0.463. The molecule has 2 heterocycles. The minimum atomic E-state index is -0.234. The quantitative estimate of drug-likeness (QED) is 0.649. The number of amides is 2. The molecule has 1 aromatic heterocycles. The average Bonchev–Trinajstić information content (AvgIpc) is 3.18. The lowest BCUT2D eigenvalue weighted by Crippen LogP contribution is -2.47. The minimum Gasteiger partial charge on any atom is -0.351 e. The van der Waals surface area contributed by atoms with E-state index in [9.17, 15) is 9.59 Å². The van der Waals surface area contributed by atoms with E-state index in [4.69, 9.17) is 0 Å². The average molecular weight is 451 g/mol. The van der Waals surface area contributed by atoms with E-state index >= 15 is 0 Å². The summed E-state index contributed by atoms with van der Waals surface area (Å²) in [6.45, 7) is 2.23. The van der Waals surface area contributed by atoms with Gasteiger partial charge in [0.15, 0.2) is 0 Å². The van der Waals surface area contributed by atoms with Crippen LogP contribution in [0.1, 0.15) is 41.6 Å².